The molecule has 0 amide bonds. The molecule has 7 nitrogen and oxygen atoms in total. The van der Waals surface area contributed by atoms with Gasteiger partial charge in [0.05, 0.1) is 27.7 Å². The first-order valence-corrected chi connectivity index (χ1v) is 11.7. The average molecular weight is 444 g/mol. The second-order valence-corrected chi connectivity index (χ2v) is 10.9. The Morgan fingerprint density at radius 1 is 1.00 bits per heavy atom. The quantitative estimate of drug-likeness (QED) is 0.658. The topological polar surface area (TPSA) is 97.8 Å². The largest absolute Gasteiger partial charge is 0.465 e. The molecule has 2 aromatic rings. The summed E-state index contributed by atoms with van der Waals surface area (Å²) in [6, 6.07) is 11.1. The van der Waals surface area contributed by atoms with E-state index in [1.54, 1.807) is 0 Å². The van der Waals surface area contributed by atoms with Gasteiger partial charge >= 0.3 is 5.97 Å². The highest BCUT2D eigenvalue weighted by atomic mass is 35.5. The van der Waals surface area contributed by atoms with Crippen LogP contribution in [0.25, 0.3) is 0 Å². The van der Waals surface area contributed by atoms with E-state index in [0.717, 1.165) is 4.31 Å². The molecule has 1 atom stereocenters. The Morgan fingerprint density at radius 3 is 2.14 bits per heavy atom. The summed E-state index contributed by atoms with van der Waals surface area (Å²) in [5, 5.41) is -0.414. The summed E-state index contributed by atoms with van der Waals surface area (Å²) in [6.07, 6.45) is 0.199. The summed E-state index contributed by atoms with van der Waals surface area (Å²) in [5.41, 5.74) is 0.228. The lowest BCUT2D eigenvalue weighted by Crippen LogP contribution is -2.32. The zero-order valence-corrected chi connectivity index (χ0v) is 17.3. The van der Waals surface area contributed by atoms with E-state index >= 15 is 0 Å². The van der Waals surface area contributed by atoms with Crippen molar-refractivity contribution in [3.05, 3.63) is 59.1 Å². The molecule has 1 unspecified atom stereocenters. The normalized spacial score (nSPS) is 18.1. The van der Waals surface area contributed by atoms with Gasteiger partial charge in [-0.3, -0.25) is 0 Å². The smallest absolute Gasteiger partial charge is 0.337 e. The van der Waals surface area contributed by atoms with Crippen molar-refractivity contribution >= 4 is 37.4 Å². The molecule has 0 saturated carbocycles. The fraction of sp³-hybridized carbons (Fsp3) is 0.278. The monoisotopic (exact) mass is 443 g/mol. The maximum absolute atomic E-state index is 12.8. The highest BCUT2D eigenvalue weighted by molar-refractivity contribution is 7.92. The van der Waals surface area contributed by atoms with Crippen molar-refractivity contribution in [3.8, 4) is 0 Å². The number of hydrogen-bond donors (Lipinski definition) is 0. The molecule has 0 bridgehead atoms. The first-order valence-electron chi connectivity index (χ1n) is 8.34. The van der Waals surface area contributed by atoms with Gasteiger partial charge in [0.25, 0.3) is 0 Å². The van der Waals surface area contributed by atoms with Crippen molar-refractivity contribution in [2.45, 2.75) is 21.5 Å². The van der Waals surface area contributed by atoms with E-state index < -0.39 is 31.1 Å². The summed E-state index contributed by atoms with van der Waals surface area (Å²) in [4.78, 5) is 11.6. The molecule has 0 aromatic heterocycles. The molecule has 1 saturated heterocycles. The highest BCUT2D eigenvalue weighted by Crippen LogP contribution is 2.28. The van der Waals surface area contributed by atoms with Gasteiger partial charge in [-0.25, -0.2) is 21.6 Å². The van der Waals surface area contributed by atoms with Crippen molar-refractivity contribution in [1.29, 1.82) is 0 Å². The van der Waals surface area contributed by atoms with Crippen LogP contribution in [-0.4, -0.2) is 52.6 Å². The molecule has 3 rings (SSSR count). The number of halogens is 1. The second-order valence-electron chi connectivity index (χ2n) is 6.29. The zero-order valence-electron chi connectivity index (χ0n) is 14.9. The molecule has 0 spiro atoms. The first-order chi connectivity index (χ1) is 13.2. The number of benzene rings is 2. The van der Waals surface area contributed by atoms with Gasteiger partial charge in [-0.15, -0.1) is 0 Å². The van der Waals surface area contributed by atoms with Crippen LogP contribution >= 0.6 is 11.6 Å². The van der Waals surface area contributed by atoms with E-state index in [1.165, 1.54) is 55.6 Å². The number of hydrogen-bond acceptors (Lipinski definition) is 6. The minimum atomic E-state index is -3.87. The summed E-state index contributed by atoms with van der Waals surface area (Å²) in [5.74, 6) is -0.570. The molecule has 1 heterocycles. The summed E-state index contributed by atoms with van der Waals surface area (Å²) < 4.78 is 57.0. The molecular formula is C18H18ClNO6S2. The number of nitrogens with zero attached hydrogens (tertiary/aromatic N) is 1. The predicted molar refractivity (Wildman–Crippen MR) is 104 cm³/mol. The maximum Gasteiger partial charge on any atom is 0.337 e. The number of rotatable bonds is 5. The fourth-order valence-corrected chi connectivity index (χ4v) is 6.43. The van der Waals surface area contributed by atoms with Crippen LogP contribution in [-0.2, 0) is 24.6 Å². The van der Waals surface area contributed by atoms with Crippen LogP contribution in [0.1, 0.15) is 16.8 Å². The van der Waals surface area contributed by atoms with Crippen LogP contribution in [0.2, 0.25) is 5.02 Å². The molecule has 2 aromatic carbocycles. The summed E-state index contributed by atoms with van der Waals surface area (Å²) in [7, 11) is -6.32. The Hall–Kier alpha value is -1.94. The number of sulfonamides is 1. The van der Waals surface area contributed by atoms with Crippen LogP contribution in [0.4, 0.5) is 0 Å². The van der Waals surface area contributed by atoms with Crippen molar-refractivity contribution in [2.75, 3.05) is 20.2 Å². The highest BCUT2D eigenvalue weighted by Gasteiger charge is 2.39. The second kappa shape index (κ2) is 7.82. The number of esters is 1. The van der Waals surface area contributed by atoms with Gasteiger partial charge < -0.3 is 4.74 Å². The molecule has 10 heteroatoms. The van der Waals surface area contributed by atoms with E-state index in [4.69, 9.17) is 11.6 Å². The van der Waals surface area contributed by atoms with Gasteiger partial charge in [-0.05, 0) is 55.0 Å². The molecular weight excluding hydrogens is 426 g/mol. The number of carbonyl (C=O) groups excluding carboxylic acids is 1. The molecule has 1 aliphatic heterocycles. The zero-order chi connectivity index (χ0) is 20.5. The third-order valence-corrected chi connectivity index (χ3v) is 8.92. The third kappa shape index (κ3) is 3.93. The fourth-order valence-electron chi connectivity index (χ4n) is 3.02. The van der Waals surface area contributed by atoms with Gasteiger partial charge in [0.2, 0.25) is 10.0 Å². The van der Waals surface area contributed by atoms with E-state index in [1.807, 2.05) is 0 Å². The third-order valence-electron chi connectivity index (χ3n) is 4.60. The Bertz CT molecular complexity index is 1080. The lowest BCUT2D eigenvalue weighted by molar-refractivity contribution is 0.0600. The molecule has 0 N–H and O–H groups in total. The number of ether oxygens (including phenoxy) is 1. The lowest BCUT2D eigenvalue weighted by Gasteiger charge is -2.17. The van der Waals surface area contributed by atoms with Gasteiger partial charge in [0.15, 0.2) is 9.84 Å². The van der Waals surface area contributed by atoms with E-state index in [9.17, 15) is 21.6 Å². The number of methoxy groups -OCH3 is 1. The Labute approximate surface area is 168 Å². The van der Waals surface area contributed by atoms with Gasteiger partial charge in [0.1, 0.15) is 0 Å². The first kappa shape index (κ1) is 20.8. The minimum absolute atomic E-state index is 0.00954. The van der Waals surface area contributed by atoms with Gasteiger partial charge in [-0.1, -0.05) is 11.6 Å². The predicted octanol–water partition coefficient (Wildman–Crippen LogP) is 2.36. The number of carbonyl (C=O) groups is 1. The molecule has 0 radical (unpaired) electrons. The van der Waals surface area contributed by atoms with Gasteiger partial charge in [0, 0.05) is 18.1 Å². The van der Waals surface area contributed by atoms with E-state index in [2.05, 4.69) is 4.74 Å². The lowest BCUT2D eigenvalue weighted by atomic mass is 10.2. The standard InChI is InChI=1S/C18H18ClNO6S2/c1-26-18(21)13-2-6-16(7-3-13)28(24,25)20-11-10-17(12-20)27(22,23)15-8-4-14(19)5-9-15/h2-9,17H,10-12H2,1H3. The van der Waals surface area contributed by atoms with Crippen molar-refractivity contribution in [2.24, 2.45) is 0 Å². The number of sulfone groups is 1. The van der Waals surface area contributed by atoms with Crippen LogP contribution in [0.15, 0.2) is 58.3 Å². The van der Waals surface area contributed by atoms with E-state index in [0.29, 0.717) is 5.02 Å². The Balaban J connectivity index is 1.80. The molecule has 0 aliphatic carbocycles. The summed E-state index contributed by atoms with van der Waals surface area (Å²) >= 11 is 5.80. The molecule has 150 valence electrons. The average Bonchev–Trinajstić information content (AvgIpc) is 3.20. The van der Waals surface area contributed by atoms with Crippen LogP contribution in [0.5, 0.6) is 0 Å². The maximum atomic E-state index is 12.8. The summed E-state index contributed by atoms with van der Waals surface area (Å²) in [6.45, 7) is -0.0371. The SMILES string of the molecule is COC(=O)c1ccc(S(=O)(=O)N2CCC(S(=O)(=O)c3ccc(Cl)cc3)C2)cc1. The molecule has 1 aliphatic rings. The van der Waals surface area contributed by atoms with Crippen LogP contribution < -0.4 is 0 Å². The van der Waals surface area contributed by atoms with Crippen LogP contribution in [0, 0.1) is 0 Å². The Kier molecular flexibility index (Phi) is 5.81. The van der Waals surface area contributed by atoms with Gasteiger partial charge in [-0.2, -0.15) is 4.31 Å². The van der Waals surface area contributed by atoms with E-state index in [-0.39, 0.29) is 34.9 Å². The minimum Gasteiger partial charge on any atom is -0.465 e. The molecule has 1 fully saturated rings. The van der Waals surface area contributed by atoms with Crippen LogP contribution in [0.3, 0.4) is 0 Å². The molecule has 28 heavy (non-hydrogen) atoms. The Morgan fingerprint density at radius 2 is 1.57 bits per heavy atom. The van der Waals surface area contributed by atoms with Crippen molar-refractivity contribution in [1.82, 2.24) is 4.31 Å². The van der Waals surface area contributed by atoms with Crippen molar-refractivity contribution < 1.29 is 26.4 Å². The van der Waals surface area contributed by atoms with Crippen molar-refractivity contribution in [3.63, 3.8) is 0 Å².